The highest BCUT2D eigenvalue weighted by molar-refractivity contribution is 14.1. The molecule has 0 aromatic carbocycles. The first-order valence-corrected chi connectivity index (χ1v) is 9.46. The molecule has 0 spiro atoms. The molecule has 3 heterocycles. The SMILES string of the molecule is CC(C)(C)OC(=O)N1C[C@H]2C[C@@H]1C[C@@H]2n1nc(I)c2c(N)ncnc21. The van der Waals surface area contributed by atoms with Crippen LogP contribution in [0.5, 0.6) is 0 Å². The van der Waals surface area contributed by atoms with E-state index < -0.39 is 5.60 Å². The van der Waals surface area contributed by atoms with Gasteiger partial charge in [-0.2, -0.15) is 5.10 Å². The molecule has 2 aliphatic rings. The molecule has 2 fully saturated rings. The van der Waals surface area contributed by atoms with E-state index in [0.29, 0.717) is 18.3 Å². The van der Waals surface area contributed by atoms with Crippen molar-refractivity contribution in [1.82, 2.24) is 24.6 Å². The monoisotopic (exact) mass is 456 g/mol. The first-order chi connectivity index (χ1) is 11.7. The summed E-state index contributed by atoms with van der Waals surface area (Å²) in [7, 11) is 0. The molecular weight excluding hydrogens is 435 g/mol. The van der Waals surface area contributed by atoms with Gasteiger partial charge in [-0.25, -0.2) is 19.4 Å². The van der Waals surface area contributed by atoms with E-state index in [1.165, 1.54) is 6.33 Å². The minimum absolute atomic E-state index is 0.195. The quantitative estimate of drug-likeness (QED) is 0.663. The average molecular weight is 456 g/mol. The fraction of sp³-hybridized carbons (Fsp3) is 0.625. The second kappa shape index (κ2) is 5.68. The molecule has 4 rings (SSSR count). The predicted octanol–water partition coefficient (Wildman–Crippen LogP) is 2.58. The Bertz CT molecular complexity index is 845. The Kier molecular flexibility index (Phi) is 3.82. The molecule has 8 nitrogen and oxygen atoms in total. The van der Waals surface area contributed by atoms with Gasteiger partial charge in [0.05, 0.1) is 11.4 Å². The summed E-state index contributed by atoms with van der Waals surface area (Å²) in [6, 6.07) is 0.421. The molecule has 2 N–H and O–H groups in total. The maximum atomic E-state index is 12.4. The third-order valence-electron chi connectivity index (χ3n) is 4.92. The number of halogens is 1. The van der Waals surface area contributed by atoms with Crippen molar-refractivity contribution in [2.45, 2.75) is 51.3 Å². The molecule has 1 saturated heterocycles. The summed E-state index contributed by atoms with van der Waals surface area (Å²) in [5, 5.41) is 5.48. The Morgan fingerprint density at radius 1 is 1.36 bits per heavy atom. The maximum absolute atomic E-state index is 12.4. The zero-order chi connectivity index (χ0) is 17.9. The number of amides is 1. The number of hydrogen-bond donors (Lipinski definition) is 1. The number of fused-ring (bicyclic) bond motifs is 3. The molecule has 1 saturated carbocycles. The van der Waals surface area contributed by atoms with E-state index in [2.05, 4.69) is 37.7 Å². The van der Waals surface area contributed by atoms with Gasteiger partial charge >= 0.3 is 6.09 Å². The van der Waals surface area contributed by atoms with Gasteiger partial charge in [0.25, 0.3) is 0 Å². The summed E-state index contributed by atoms with van der Waals surface area (Å²) in [4.78, 5) is 22.7. The van der Waals surface area contributed by atoms with Gasteiger partial charge in [0.2, 0.25) is 0 Å². The molecule has 3 atom stereocenters. The summed E-state index contributed by atoms with van der Waals surface area (Å²) < 4.78 is 8.33. The zero-order valence-electron chi connectivity index (χ0n) is 14.4. The van der Waals surface area contributed by atoms with Crippen molar-refractivity contribution in [2.75, 3.05) is 12.3 Å². The van der Waals surface area contributed by atoms with Crippen LogP contribution in [0.15, 0.2) is 6.33 Å². The molecule has 0 unspecified atom stereocenters. The largest absolute Gasteiger partial charge is 0.444 e. The highest BCUT2D eigenvalue weighted by Crippen LogP contribution is 2.46. The molecule has 2 aromatic heterocycles. The molecule has 9 heteroatoms. The van der Waals surface area contributed by atoms with Crippen molar-refractivity contribution in [3.8, 4) is 0 Å². The number of piperidine rings is 1. The molecule has 0 radical (unpaired) electrons. The number of hydrogen-bond acceptors (Lipinski definition) is 6. The Morgan fingerprint density at radius 2 is 2.12 bits per heavy atom. The number of likely N-dealkylation sites (tertiary alicyclic amines) is 1. The van der Waals surface area contributed by atoms with Gasteiger partial charge in [-0.05, 0) is 56.2 Å². The number of nitrogen functional groups attached to an aromatic ring is 1. The topological polar surface area (TPSA) is 99.2 Å². The van der Waals surface area contributed by atoms with E-state index in [0.717, 1.165) is 27.6 Å². The lowest BCUT2D eigenvalue weighted by molar-refractivity contribution is 0.0163. The van der Waals surface area contributed by atoms with Crippen LogP contribution in [0, 0.1) is 9.62 Å². The number of carbonyl (C=O) groups excluding carboxylic acids is 1. The fourth-order valence-corrected chi connectivity index (χ4v) is 4.70. The third-order valence-corrected chi connectivity index (χ3v) is 5.68. The van der Waals surface area contributed by atoms with Crippen LogP contribution in [0.1, 0.15) is 39.7 Å². The highest BCUT2D eigenvalue weighted by Gasteiger charge is 2.49. The van der Waals surface area contributed by atoms with Crippen molar-refractivity contribution < 1.29 is 9.53 Å². The predicted molar refractivity (Wildman–Crippen MR) is 101 cm³/mol. The number of aromatic nitrogens is 4. The van der Waals surface area contributed by atoms with Gasteiger partial charge in [-0.1, -0.05) is 0 Å². The van der Waals surface area contributed by atoms with Crippen LogP contribution in [0.2, 0.25) is 0 Å². The highest BCUT2D eigenvalue weighted by atomic mass is 127. The van der Waals surface area contributed by atoms with Gasteiger partial charge in [-0.15, -0.1) is 0 Å². The Hall–Kier alpha value is -1.65. The van der Waals surface area contributed by atoms with E-state index in [1.807, 2.05) is 30.4 Å². The van der Waals surface area contributed by atoms with Crippen molar-refractivity contribution in [1.29, 1.82) is 0 Å². The summed E-state index contributed by atoms with van der Waals surface area (Å²) >= 11 is 2.17. The van der Waals surface area contributed by atoms with Crippen molar-refractivity contribution in [2.24, 2.45) is 5.92 Å². The fourth-order valence-electron chi connectivity index (χ4n) is 3.95. The van der Waals surface area contributed by atoms with Crippen molar-refractivity contribution in [3.05, 3.63) is 10.0 Å². The zero-order valence-corrected chi connectivity index (χ0v) is 16.6. The average Bonchev–Trinajstić information content (AvgIpc) is 3.18. The normalized spacial score (nSPS) is 25.8. The number of carbonyl (C=O) groups is 1. The molecule has 1 aliphatic carbocycles. The smallest absolute Gasteiger partial charge is 0.410 e. The van der Waals surface area contributed by atoms with Gasteiger partial charge < -0.3 is 15.4 Å². The van der Waals surface area contributed by atoms with Crippen molar-refractivity contribution >= 4 is 45.5 Å². The summed E-state index contributed by atoms with van der Waals surface area (Å²) in [6.45, 7) is 6.38. The standard InChI is InChI=1S/C16H21IN6O2/c1-16(2,3)25-15(24)22-6-8-4-9(22)5-10(8)23-14-11(12(17)21-23)13(18)19-7-20-14/h7-10H,4-6H2,1-3H3,(H2,18,19,20)/t8-,9-,10+/m1/s1. The van der Waals surface area contributed by atoms with E-state index in [4.69, 9.17) is 10.5 Å². The first kappa shape index (κ1) is 16.8. The molecule has 2 bridgehead atoms. The Morgan fingerprint density at radius 3 is 2.76 bits per heavy atom. The van der Waals surface area contributed by atoms with Crippen LogP contribution in [-0.2, 0) is 4.74 Å². The molecule has 2 aromatic rings. The maximum Gasteiger partial charge on any atom is 0.410 e. The lowest BCUT2D eigenvalue weighted by Crippen LogP contribution is -2.43. The lowest BCUT2D eigenvalue weighted by Gasteiger charge is -2.33. The van der Waals surface area contributed by atoms with Gasteiger partial charge in [0.15, 0.2) is 5.65 Å². The van der Waals surface area contributed by atoms with Gasteiger partial charge in [0.1, 0.15) is 21.4 Å². The van der Waals surface area contributed by atoms with Crippen LogP contribution in [-0.4, -0.2) is 48.9 Å². The molecule has 25 heavy (non-hydrogen) atoms. The molecule has 134 valence electrons. The van der Waals surface area contributed by atoms with E-state index in [9.17, 15) is 4.79 Å². The number of nitrogens with zero attached hydrogens (tertiary/aromatic N) is 5. The number of ether oxygens (including phenoxy) is 1. The third kappa shape index (κ3) is 2.81. The molecule has 1 amide bonds. The Balaban J connectivity index is 1.58. The summed E-state index contributed by atoms with van der Waals surface area (Å²) in [5.74, 6) is 0.812. The van der Waals surface area contributed by atoms with Gasteiger partial charge in [0, 0.05) is 18.5 Å². The van der Waals surface area contributed by atoms with Crippen LogP contribution in [0.25, 0.3) is 11.0 Å². The lowest BCUT2D eigenvalue weighted by atomic mass is 10.0. The molecular formula is C16H21IN6O2. The minimum Gasteiger partial charge on any atom is -0.444 e. The van der Waals surface area contributed by atoms with Crippen molar-refractivity contribution in [3.63, 3.8) is 0 Å². The molecule has 1 aliphatic heterocycles. The summed E-state index contributed by atoms with van der Waals surface area (Å²) in [6.07, 6.45) is 3.10. The Labute approximate surface area is 159 Å². The second-order valence-electron chi connectivity index (χ2n) is 7.78. The number of nitrogens with two attached hydrogens (primary N) is 1. The van der Waals surface area contributed by atoms with Gasteiger partial charge in [-0.3, -0.25) is 0 Å². The van der Waals surface area contributed by atoms with E-state index in [1.54, 1.807) is 0 Å². The summed E-state index contributed by atoms with van der Waals surface area (Å²) in [5.41, 5.74) is 6.29. The van der Waals surface area contributed by atoms with E-state index in [-0.39, 0.29) is 18.2 Å². The minimum atomic E-state index is -0.471. The van der Waals surface area contributed by atoms with Crippen LogP contribution in [0.3, 0.4) is 0 Å². The van der Waals surface area contributed by atoms with E-state index >= 15 is 0 Å². The second-order valence-corrected chi connectivity index (χ2v) is 8.80. The first-order valence-electron chi connectivity index (χ1n) is 8.38. The number of rotatable bonds is 1. The number of anilines is 1. The van der Waals surface area contributed by atoms with Crippen LogP contribution >= 0.6 is 22.6 Å². The van der Waals surface area contributed by atoms with Crippen LogP contribution in [0.4, 0.5) is 10.6 Å². The van der Waals surface area contributed by atoms with Crippen LogP contribution < -0.4 is 5.73 Å².